The molecule has 1 aliphatic rings. The van der Waals surface area contributed by atoms with Gasteiger partial charge in [0.1, 0.15) is 0 Å². The molecule has 0 aliphatic heterocycles. The lowest BCUT2D eigenvalue weighted by Gasteiger charge is -2.31. The van der Waals surface area contributed by atoms with Crippen LogP contribution in [-0.2, 0) is 0 Å². The minimum absolute atomic E-state index is 0.197. The molecule has 0 bridgehead atoms. The molecule has 2 nitrogen and oxygen atoms in total. The van der Waals surface area contributed by atoms with Crippen LogP contribution >= 0.6 is 0 Å². The van der Waals surface area contributed by atoms with Crippen molar-refractivity contribution in [2.45, 2.75) is 38.4 Å². The van der Waals surface area contributed by atoms with E-state index in [1.54, 1.807) is 19.9 Å². The first-order valence-corrected chi connectivity index (χ1v) is 4.07. The van der Waals surface area contributed by atoms with Crippen molar-refractivity contribution in [1.82, 2.24) is 0 Å². The monoisotopic (exact) mass is 156 g/mol. The minimum Gasteiger partial charge on any atom is -0.390 e. The summed E-state index contributed by atoms with van der Waals surface area (Å²) in [7, 11) is 0. The average Bonchev–Trinajstić information content (AvgIpc) is 1.86. The van der Waals surface area contributed by atoms with Crippen LogP contribution in [0.5, 0.6) is 0 Å². The molecule has 0 heterocycles. The van der Waals surface area contributed by atoms with Crippen molar-refractivity contribution < 1.29 is 10.2 Å². The summed E-state index contributed by atoms with van der Waals surface area (Å²) in [6.07, 6.45) is 4.93. The van der Waals surface area contributed by atoms with Crippen molar-refractivity contribution in [3.63, 3.8) is 0 Å². The van der Waals surface area contributed by atoms with E-state index in [4.69, 9.17) is 0 Å². The zero-order chi connectivity index (χ0) is 8.48. The summed E-state index contributed by atoms with van der Waals surface area (Å²) in [4.78, 5) is 0. The Hall–Kier alpha value is -0.340. The fourth-order valence-electron chi connectivity index (χ4n) is 1.44. The molecule has 2 atom stereocenters. The van der Waals surface area contributed by atoms with Gasteiger partial charge in [0.25, 0.3) is 0 Å². The van der Waals surface area contributed by atoms with Crippen molar-refractivity contribution in [2.75, 3.05) is 0 Å². The van der Waals surface area contributed by atoms with Crippen molar-refractivity contribution >= 4 is 0 Å². The highest BCUT2D eigenvalue weighted by molar-refractivity contribution is 4.99. The maximum Gasteiger partial charge on any atom is 0.0724 e. The first kappa shape index (κ1) is 8.75. The smallest absolute Gasteiger partial charge is 0.0724 e. The third-order valence-electron chi connectivity index (χ3n) is 2.30. The summed E-state index contributed by atoms with van der Waals surface area (Å²) in [5.41, 5.74) is -0.661. The summed E-state index contributed by atoms with van der Waals surface area (Å²) >= 11 is 0. The normalized spacial score (nSPS) is 32.4. The Bertz CT molecular complexity index is 155. The van der Waals surface area contributed by atoms with E-state index in [1.807, 2.05) is 6.08 Å². The highest BCUT2D eigenvalue weighted by Gasteiger charge is 2.28. The predicted octanol–water partition coefficient (Wildman–Crippen LogP) is 1.08. The largest absolute Gasteiger partial charge is 0.390 e. The van der Waals surface area contributed by atoms with E-state index in [0.29, 0.717) is 6.42 Å². The second-order valence-electron chi connectivity index (χ2n) is 3.82. The number of allylic oxidation sites excluding steroid dienone is 1. The highest BCUT2D eigenvalue weighted by atomic mass is 16.3. The molecule has 2 heteroatoms. The van der Waals surface area contributed by atoms with E-state index in [0.717, 1.165) is 6.42 Å². The Kier molecular flexibility index (Phi) is 2.35. The molecule has 0 saturated carbocycles. The summed E-state index contributed by atoms with van der Waals surface area (Å²) in [5.74, 6) is 0.197. The third kappa shape index (κ3) is 2.31. The second kappa shape index (κ2) is 2.95. The summed E-state index contributed by atoms with van der Waals surface area (Å²) in [5, 5.41) is 18.9. The van der Waals surface area contributed by atoms with Crippen LogP contribution in [0, 0.1) is 5.92 Å². The molecule has 0 aromatic heterocycles. The molecular weight excluding hydrogens is 140 g/mol. The first-order chi connectivity index (χ1) is 5.00. The van der Waals surface area contributed by atoms with Crippen LogP contribution in [-0.4, -0.2) is 21.9 Å². The van der Waals surface area contributed by atoms with Gasteiger partial charge in [0.05, 0.1) is 11.7 Å². The highest BCUT2D eigenvalue weighted by Crippen LogP contribution is 2.28. The lowest BCUT2D eigenvalue weighted by Crippen LogP contribution is -2.34. The molecule has 0 aromatic carbocycles. The van der Waals surface area contributed by atoms with Gasteiger partial charge in [0.15, 0.2) is 0 Å². The van der Waals surface area contributed by atoms with Crippen LogP contribution in [0.3, 0.4) is 0 Å². The Morgan fingerprint density at radius 1 is 1.45 bits per heavy atom. The maximum atomic E-state index is 9.62. The van der Waals surface area contributed by atoms with E-state index in [-0.39, 0.29) is 12.0 Å². The summed E-state index contributed by atoms with van der Waals surface area (Å²) in [6.45, 7) is 3.59. The molecule has 0 amide bonds. The molecule has 1 aliphatic carbocycles. The van der Waals surface area contributed by atoms with Gasteiger partial charge in [-0.25, -0.2) is 0 Å². The van der Waals surface area contributed by atoms with Gasteiger partial charge in [-0.1, -0.05) is 12.2 Å². The van der Waals surface area contributed by atoms with Gasteiger partial charge in [-0.15, -0.1) is 0 Å². The molecule has 2 N–H and O–H groups in total. The number of rotatable bonds is 1. The van der Waals surface area contributed by atoms with Gasteiger partial charge in [-0.3, -0.25) is 0 Å². The van der Waals surface area contributed by atoms with Crippen molar-refractivity contribution in [1.29, 1.82) is 0 Å². The number of aliphatic hydroxyl groups is 2. The number of hydrogen-bond acceptors (Lipinski definition) is 2. The summed E-state index contributed by atoms with van der Waals surface area (Å²) < 4.78 is 0. The van der Waals surface area contributed by atoms with Gasteiger partial charge in [0, 0.05) is 0 Å². The lowest BCUT2D eigenvalue weighted by molar-refractivity contribution is -0.00347. The molecule has 0 saturated heterocycles. The van der Waals surface area contributed by atoms with E-state index in [2.05, 4.69) is 0 Å². The zero-order valence-electron chi connectivity index (χ0n) is 7.12. The standard InChI is InChI=1S/C9H16O2/c1-9(2,11)7-4-3-5-8(10)6-7/h3,5,7-8,10-11H,4,6H2,1-2H3/t7-,8-/m1/s1. The summed E-state index contributed by atoms with van der Waals surface area (Å²) in [6, 6.07) is 0. The van der Waals surface area contributed by atoms with Gasteiger partial charge < -0.3 is 10.2 Å². The first-order valence-electron chi connectivity index (χ1n) is 4.07. The fraction of sp³-hybridized carbons (Fsp3) is 0.778. The van der Waals surface area contributed by atoms with E-state index < -0.39 is 5.60 Å². The van der Waals surface area contributed by atoms with Crippen LogP contribution in [0.15, 0.2) is 12.2 Å². The van der Waals surface area contributed by atoms with Crippen LogP contribution in [0.1, 0.15) is 26.7 Å². The molecular formula is C9H16O2. The molecule has 64 valence electrons. The Labute approximate surface area is 67.6 Å². The fourth-order valence-corrected chi connectivity index (χ4v) is 1.44. The Balaban J connectivity index is 2.57. The zero-order valence-corrected chi connectivity index (χ0v) is 7.12. The van der Waals surface area contributed by atoms with Gasteiger partial charge in [-0.2, -0.15) is 0 Å². The number of hydrogen-bond donors (Lipinski definition) is 2. The maximum absolute atomic E-state index is 9.62. The SMILES string of the molecule is CC(C)(O)[C@@H]1CC=C[C@@H](O)C1. The molecule has 0 unspecified atom stereocenters. The average molecular weight is 156 g/mol. The lowest BCUT2D eigenvalue weighted by atomic mass is 9.81. The van der Waals surface area contributed by atoms with Crippen LogP contribution in [0.25, 0.3) is 0 Å². The van der Waals surface area contributed by atoms with E-state index >= 15 is 0 Å². The van der Waals surface area contributed by atoms with Crippen LogP contribution in [0.4, 0.5) is 0 Å². The van der Waals surface area contributed by atoms with E-state index in [9.17, 15) is 10.2 Å². The minimum atomic E-state index is -0.661. The Morgan fingerprint density at radius 2 is 2.09 bits per heavy atom. The molecule has 1 rings (SSSR count). The van der Waals surface area contributed by atoms with Crippen molar-refractivity contribution in [2.24, 2.45) is 5.92 Å². The van der Waals surface area contributed by atoms with Crippen molar-refractivity contribution in [3.05, 3.63) is 12.2 Å². The van der Waals surface area contributed by atoms with Gasteiger partial charge in [0.2, 0.25) is 0 Å². The Morgan fingerprint density at radius 3 is 2.45 bits per heavy atom. The van der Waals surface area contributed by atoms with Gasteiger partial charge in [-0.05, 0) is 32.6 Å². The third-order valence-corrected chi connectivity index (χ3v) is 2.30. The van der Waals surface area contributed by atoms with Gasteiger partial charge >= 0.3 is 0 Å². The van der Waals surface area contributed by atoms with Crippen molar-refractivity contribution in [3.8, 4) is 0 Å². The molecule has 0 aromatic rings. The predicted molar refractivity (Wildman–Crippen MR) is 44.2 cm³/mol. The van der Waals surface area contributed by atoms with Crippen LogP contribution in [0.2, 0.25) is 0 Å². The molecule has 0 fully saturated rings. The topological polar surface area (TPSA) is 40.5 Å². The molecule has 0 spiro atoms. The van der Waals surface area contributed by atoms with Crippen LogP contribution < -0.4 is 0 Å². The second-order valence-corrected chi connectivity index (χ2v) is 3.82. The quantitative estimate of drug-likeness (QED) is 0.558. The molecule has 0 radical (unpaired) electrons. The molecule has 11 heavy (non-hydrogen) atoms. The number of aliphatic hydroxyl groups excluding tert-OH is 1. The van der Waals surface area contributed by atoms with E-state index in [1.165, 1.54) is 0 Å².